The Kier molecular flexibility index (Phi) is 12.5. The van der Waals surface area contributed by atoms with E-state index in [1.165, 1.54) is 0 Å². The first-order valence-electron chi connectivity index (χ1n) is 9.72. The van der Waals surface area contributed by atoms with E-state index in [0.29, 0.717) is 11.3 Å². The van der Waals surface area contributed by atoms with Crippen LogP contribution in [0.15, 0.2) is 24.3 Å². The molecule has 0 saturated carbocycles. The molecule has 0 aliphatic carbocycles. The topological polar surface area (TPSA) is 241 Å². The van der Waals surface area contributed by atoms with Gasteiger partial charge in [-0.25, -0.2) is 0 Å². The maximum absolute atomic E-state index is 9.84. The Hall–Kier alpha value is -1.46. The minimum atomic E-state index is -1.67. The molecule has 32 heavy (non-hydrogen) atoms. The van der Waals surface area contributed by atoms with Crippen molar-refractivity contribution in [2.45, 2.75) is 61.7 Å². The van der Waals surface area contributed by atoms with Gasteiger partial charge in [-0.2, -0.15) is 0 Å². The van der Waals surface area contributed by atoms with Gasteiger partial charge in [0, 0.05) is 5.56 Å². The normalized spacial score (nSPS) is 29.3. The number of aliphatic hydroxyl groups is 11. The second kappa shape index (κ2) is 13.9. The summed E-state index contributed by atoms with van der Waals surface area (Å²) < 4.78 is 10.6. The summed E-state index contributed by atoms with van der Waals surface area (Å²) in [5.74, 6) is 0.291. The van der Waals surface area contributed by atoms with E-state index in [-0.39, 0.29) is 6.61 Å². The summed E-state index contributed by atoms with van der Waals surface area (Å²) in [7, 11) is 0. The summed E-state index contributed by atoms with van der Waals surface area (Å²) >= 11 is 0. The molecule has 13 nitrogen and oxygen atoms in total. The van der Waals surface area contributed by atoms with Gasteiger partial charge >= 0.3 is 0 Å². The predicted molar refractivity (Wildman–Crippen MR) is 105 cm³/mol. The Morgan fingerprint density at radius 2 is 1.31 bits per heavy atom. The maximum atomic E-state index is 9.84. The smallest absolute Gasteiger partial charge is 0.229 e. The molecule has 1 fully saturated rings. The summed E-state index contributed by atoms with van der Waals surface area (Å²) in [4.78, 5) is 0. The Morgan fingerprint density at radius 1 is 0.781 bits per heavy atom. The molecule has 2 rings (SSSR count). The van der Waals surface area contributed by atoms with Gasteiger partial charge < -0.3 is 65.6 Å². The van der Waals surface area contributed by atoms with Gasteiger partial charge in [0.25, 0.3) is 0 Å². The van der Waals surface area contributed by atoms with Gasteiger partial charge in [-0.1, -0.05) is 18.2 Å². The van der Waals surface area contributed by atoms with Crippen LogP contribution in [0.25, 0.3) is 0 Å². The van der Waals surface area contributed by atoms with Crippen molar-refractivity contribution in [3.05, 3.63) is 29.8 Å². The van der Waals surface area contributed by atoms with Crippen molar-refractivity contribution in [2.75, 3.05) is 19.8 Å². The summed E-state index contributed by atoms with van der Waals surface area (Å²) in [6, 6.07) is 6.61. The van der Waals surface area contributed by atoms with Crippen molar-refractivity contribution >= 4 is 0 Å². The van der Waals surface area contributed by atoms with Crippen molar-refractivity contribution in [1.82, 2.24) is 0 Å². The first kappa shape index (κ1) is 28.6. The highest BCUT2D eigenvalue weighted by atomic mass is 16.7. The zero-order valence-corrected chi connectivity index (χ0v) is 17.1. The quantitative estimate of drug-likeness (QED) is 0.162. The fourth-order valence-electron chi connectivity index (χ4n) is 2.71. The molecule has 1 heterocycles. The Morgan fingerprint density at radius 3 is 1.78 bits per heavy atom. The van der Waals surface area contributed by atoms with Crippen LogP contribution in [0.5, 0.6) is 5.75 Å². The van der Waals surface area contributed by atoms with E-state index in [1.807, 2.05) is 0 Å². The molecule has 11 N–H and O–H groups in total. The Labute approximate surface area is 183 Å². The summed E-state index contributed by atoms with van der Waals surface area (Å²) in [6.45, 7) is -2.23. The molecular formula is C19H32O13. The van der Waals surface area contributed by atoms with E-state index in [2.05, 4.69) is 0 Å². The number of aliphatic hydroxyl groups excluding tert-OH is 11. The van der Waals surface area contributed by atoms with Crippen molar-refractivity contribution in [3.63, 3.8) is 0 Å². The number of hydrogen-bond acceptors (Lipinski definition) is 13. The number of rotatable bonds is 9. The van der Waals surface area contributed by atoms with Gasteiger partial charge in [0.1, 0.15) is 54.6 Å². The lowest BCUT2D eigenvalue weighted by molar-refractivity contribution is -0.277. The molecule has 0 radical (unpaired) electrons. The first-order valence-corrected chi connectivity index (χ1v) is 9.72. The number of ether oxygens (including phenoxy) is 2. The molecule has 1 aliphatic rings. The monoisotopic (exact) mass is 468 g/mol. The number of hydrogen-bond donors (Lipinski definition) is 11. The third-order valence-corrected chi connectivity index (χ3v) is 4.75. The van der Waals surface area contributed by atoms with Gasteiger partial charge in [-0.3, -0.25) is 0 Å². The van der Waals surface area contributed by atoms with Crippen LogP contribution < -0.4 is 4.74 Å². The van der Waals surface area contributed by atoms with Crippen LogP contribution in [0.2, 0.25) is 0 Å². The molecule has 186 valence electrons. The maximum Gasteiger partial charge on any atom is 0.229 e. The Bertz CT molecular complexity index is 631. The van der Waals surface area contributed by atoms with Crippen molar-refractivity contribution < 1.29 is 65.6 Å². The summed E-state index contributed by atoms with van der Waals surface area (Å²) in [5, 5.41) is 99.6. The van der Waals surface area contributed by atoms with Crippen molar-refractivity contribution in [1.29, 1.82) is 0 Å². The van der Waals surface area contributed by atoms with E-state index in [9.17, 15) is 20.4 Å². The van der Waals surface area contributed by atoms with E-state index < -0.39 is 74.9 Å². The summed E-state index contributed by atoms with van der Waals surface area (Å²) in [6.07, 6.45) is -13.1. The minimum Gasteiger partial charge on any atom is -0.462 e. The average Bonchev–Trinajstić information content (AvgIpc) is 2.82. The lowest BCUT2D eigenvalue weighted by Gasteiger charge is -2.39. The first-order chi connectivity index (χ1) is 15.1. The van der Waals surface area contributed by atoms with Crippen LogP contribution in [0.1, 0.15) is 5.56 Å². The molecule has 0 spiro atoms. The van der Waals surface area contributed by atoms with Crippen LogP contribution in [0.4, 0.5) is 0 Å². The third kappa shape index (κ3) is 7.55. The van der Waals surface area contributed by atoms with Crippen molar-refractivity contribution in [2.24, 2.45) is 0 Å². The predicted octanol–water partition coefficient (Wildman–Crippen LogP) is -5.23. The highest BCUT2D eigenvalue weighted by Crippen LogP contribution is 2.26. The summed E-state index contributed by atoms with van der Waals surface area (Å²) in [5.41, 5.74) is 0.490. The van der Waals surface area contributed by atoms with Crippen molar-refractivity contribution in [3.8, 4) is 5.75 Å². The largest absolute Gasteiger partial charge is 0.462 e. The fourth-order valence-corrected chi connectivity index (χ4v) is 2.71. The second-order valence-electron chi connectivity index (χ2n) is 7.06. The zero-order chi connectivity index (χ0) is 24.4. The van der Waals surface area contributed by atoms with Gasteiger partial charge in [-0.05, 0) is 6.07 Å². The molecule has 13 heteroatoms. The lowest BCUT2D eigenvalue weighted by Crippen LogP contribution is -2.60. The van der Waals surface area contributed by atoms with Gasteiger partial charge in [0.05, 0.1) is 26.4 Å². The zero-order valence-electron chi connectivity index (χ0n) is 17.1. The van der Waals surface area contributed by atoms with Gasteiger partial charge in [-0.15, -0.1) is 0 Å². The molecule has 0 amide bonds. The number of para-hydroxylation sites is 1. The van der Waals surface area contributed by atoms with Crippen LogP contribution in [0, 0.1) is 0 Å². The van der Waals surface area contributed by atoms with Crippen LogP contribution >= 0.6 is 0 Å². The van der Waals surface area contributed by atoms with Gasteiger partial charge in [0.2, 0.25) is 6.29 Å². The third-order valence-electron chi connectivity index (χ3n) is 4.75. The molecule has 1 aromatic rings. The fraction of sp³-hybridized carbons (Fsp3) is 0.684. The van der Waals surface area contributed by atoms with E-state index in [4.69, 9.17) is 45.2 Å². The molecule has 0 bridgehead atoms. The molecule has 1 aromatic carbocycles. The van der Waals surface area contributed by atoms with E-state index >= 15 is 0 Å². The highest BCUT2D eigenvalue weighted by Gasteiger charge is 2.44. The highest BCUT2D eigenvalue weighted by molar-refractivity contribution is 5.32. The SMILES string of the molecule is OC[C@@H](O)[C@@H](O)[C@H](O)[C@@H](O)CO.OCc1ccccc1O[C@@H]1O[C@H](CO)[C@@H](O)[C@H](O)[C@H]1O. The van der Waals surface area contributed by atoms with E-state index in [0.717, 1.165) is 0 Å². The van der Waals surface area contributed by atoms with Crippen LogP contribution in [0.3, 0.4) is 0 Å². The molecule has 1 saturated heterocycles. The number of benzene rings is 1. The van der Waals surface area contributed by atoms with Crippen LogP contribution in [-0.4, -0.2) is 131 Å². The lowest BCUT2D eigenvalue weighted by atomic mass is 9.99. The molecular weight excluding hydrogens is 436 g/mol. The Balaban J connectivity index is 0.000000368. The standard InChI is InChI=1S/C13H18O7.C6H14O6/c14-5-7-3-1-2-4-8(7)19-13-12(18)11(17)10(16)9(6-15)20-13;7-1-3(9)5(11)6(12)4(10)2-8/h1-4,9-18H,5-6H2;3-12H,1-2H2/t9-,10-,11+,12-,13-;3-,4+,5-,6-/m11/s1. The molecule has 9 atom stereocenters. The molecule has 0 aromatic heterocycles. The molecule has 1 aliphatic heterocycles. The average molecular weight is 468 g/mol. The minimum absolute atomic E-state index is 0.256. The van der Waals surface area contributed by atoms with E-state index in [1.54, 1.807) is 24.3 Å². The van der Waals surface area contributed by atoms with Crippen LogP contribution in [-0.2, 0) is 11.3 Å². The van der Waals surface area contributed by atoms with Gasteiger partial charge in [0.15, 0.2) is 0 Å². The molecule has 0 unspecified atom stereocenters. The second-order valence-corrected chi connectivity index (χ2v) is 7.06.